The van der Waals surface area contributed by atoms with Crippen LogP contribution in [0.2, 0.25) is 5.02 Å². The average Bonchev–Trinajstić information content (AvgIpc) is 3.94. The molecular weight excluding hydrogens is 892 g/mol. The van der Waals surface area contributed by atoms with Crippen molar-refractivity contribution in [1.82, 2.24) is 34.3 Å². The summed E-state index contributed by atoms with van der Waals surface area (Å²) in [5, 5.41) is 21.7. The zero-order chi connectivity index (χ0) is 46.5. The standard InChI is InChI=1S/C49H55ClN10O6S/c1-49(2)15-11-35(41(26-49)33-3-5-36(50)6-4-33)29-56-19-21-58(22-20-56)37-7-9-40(44(24-37)59-45-23-34-12-16-51-47(34)54-43(45)28-53-59)48(61)55-67(64,65)39-8-10-42(46(25-39)60(62)63)52-27-32-13-17-57(18-14-32)38-30-66-31-38/h3-10,12,16,23-25,28,32,38,52H,11,13-15,17-22,26-27,29-31H2,1-2H3,(H,51,54)(H,55,61). The molecule has 6 heterocycles. The third-order valence-electron chi connectivity index (χ3n) is 14.1. The SMILES string of the molecule is CC1(C)CCC(CN2CCN(c3ccc(C(=O)NS(=O)(=O)c4ccc(NCC5CCN(C6COC6)CC5)c([N+](=O)[O-])c4)c(-n4ncc5nc6[nH]ccc6cc54)c3)CC2)=C(c2ccc(Cl)cc2)C1. The minimum Gasteiger partial charge on any atom is -0.379 e. The van der Waals surface area contributed by atoms with Crippen molar-refractivity contribution >= 4 is 72.2 Å². The number of halogens is 1. The van der Waals surface area contributed by atoms with Gasteiger partial charge in [-0.1, -0.05) is 43.2 Å². The van der Waals surface area contributed by atoms with Crippen LogP contribution < -0.4 is 14.9 Å². The second-order valence-electron chi connectivity index (χ2n) is 19.2. The van der Waals surface area contributed by atoms with Gasteiger partial charge >= 0.3 is 0 Å². The van der Waals surface area contributed by atoms with Gasteiger partial charge in [0, 0.05) is 67.6 Å². The molecule has 0 saturated carbocycles. The van der Waals surface area contributed by atoms with Gasteiger partial charge in [-0.2, -0.15) is 5.10 Å². The molecule has 3 aromatic carbocycles. The fourth-order valence-electron chi connectivity index (χ4n) is 10.0. The van der Waals surface area contributed by atoms with E-state index in [-0.39, 0.29) is 16.7 Å². The molecule has 3 aromatic heterocycles. The van der Waals surface area contributed by atoms with Crippen LogP contribution in [0, 0.1) is 21.4 Å². The van der Waals surface area contributed by atoms with Gasteiger partial charge < -0.3 is 19.9 Å². The van der Waals surface area contributed by atoms with Gasteiger partial charge in [-0.25, -0.2) is 22.8 Å². The smallest absolute Gasteiger partial charge is 0.293 e. The van der Waals surface area contributed by atoms with E-state index < -0.39 is 31.4 Å². The van der Waals surface area contributed by atoms with Crippen LogP contribution in [-0.2, 0) is 14.8 Å². The van der Waals surface area contributed by atoms with Crippen LogP contribution in [0.25, 0.3) is 33.3 Å². The number of aromatic nitrogens is 4. The fourth-order valence-corrected chi connectivity index (χ4v) is 11.1. The monoisotopic (exact) mass is 946 g/mol. The number of piperidine rings is 1. The van der Waals surface area contributed by atoms with Crippen molar-refractivity contribution < 1.29 is 22.9 Å². The summed E-state index contributed by atoms with van der Waals surface area (Å²) in [6.07, 6.45) is 8.50. The summed E-state index contributed by atoms with van der Waals surface area (Å²) >= 11 is 6.27. The van der Waals surface area contributed by atoms with Crippen LogP contribution in [-0.4, -0.2) is 120 Å². The van der Waals surface area contributed by atoms with E-state index in [1.807, 2.05) is 36.4 Å². The lowest BCUT2D eigenvalue weighted by Gasteiger charge is -2.41. The number of H-pyrrole nitrogens is 1. The van der Waals surface area contributed by atoms with E-state index >= 15 is 0 Å². The Hall–Kier alpha value is -5.85. The number of nitro groups is 1. The zero-order valence-electron chi connectivity index (χ0n) is 37.7. The molecule has 3 saturated heterocycles. The van der Waals surface area contributed by atoms with Gasteiger partial charge in [0.25, 0.3) is 21.6 Å². The number of sulfonamides is 1. The van der Waals surface area contributed by atoms with Crippen LogP contribution in [0.1, 0.15) is 61.9 Å². The Kier molecular flexibility index (Phi) is 12.3. The Bertz CT molecular complexity index is 2990. The lowest BCUT2D eigenvalue weighted by Crippen LogP contribution is -2.52. The predicted molar refractivity (Wildman–Crippen MR) is 261 cm³/mol. The fraction of sp³-hybridized carbons (Fsp3) is 0.408. The minimum absolute atomic E-state index is 0.0516. The molecule has 350 valence electrons. The van der Waals surface area contributed by atoms with Crippen LogP contribution in [0.5, 0.6) is 0 Å². The average molecular weight is 948 g/mol. The van der Waals surface area contributed by atoms with E-state index in [0.29, 0.717) is 40.9 Å². The molecule has 0 atom stereocenters. The molecular formula is C49H55ClN10O6S. The van der Waals surface area contributed by atoms with Gasteiger partial charge in [0.15, 0.2) is 0 Å². The summed E-state index contributed by atoms with van der Waals surface area (Å²) in [6.45, 7) is 12.6. The van der Waals surface area contributed by atoms with Crippen molar-refractivity contribution in [2.75, 3.05) is 75.8 Å². The first-order valence-corrected chi connectivity index (χ1v) is 24.9. The number of hydrogen-bond donors (Lipinski definition) is 3. The Balaban J connectivity index is 0.881. The number of carbonyl (C=O) groups excluding carboxylic acids is 1. The van der Waals surface area contributed by atoms with E-state index in [4.69, 9.17) is 21.3 Å². The van der Waals surface area contributed by atoms with Crippen LogP contribution >= 0.6 is 11.6 Å². The molecule has 16 nitrogen and oxygen atoms in total. The van der Waals surface area contributed by atoms with Crippen molar-refractivity contribution in [3.05, 3.63) is 117 Å². The molecule has 0 radical (unpaired) electrons. The number of rotatable bonds is 13. The van der Waals surface area contributed by atoms with Gasteiger partial charge in [-0.3, -0.25) is 24.7 Å². The molecule has 3 N–H and O–H groups in total. The normalized spacial score (nSPS) is 18.9. The van der Waals surface area contributed by atoms with Crippen molar-refractivity contribution in [2.45, 2.75) is 56.9 Å². The lowest BCUT2D eigenvalue weighted by atomic mass is 9.72. The molecule has 18 heteroatoms. The summed E-state index contributed by atoms with van der Waals surface area (Å²) < 4.78 is 37.0. The maximum absolute atomic E-state index is 14.3. The number of allylic oxidation sites excluding steroid dienone is 1. The Morgan fingerprint density at radius 1 is 0.985 bits per heavy atom. The number of anilines is 2. The summed E-state index contributed by atoms with van der Waals surface area (Å²) in [5.74, 6) is -0.593. The molecule has 1 amide bonds. The second-order valence-corrected chi connectivity index (χ2v) is 21.3. The quantitative estimate of drug-likeness (QED) is 0.0753. The van der Waals surface area contributed by atoms with Gasteiger partial charge in [-0.15, -0.1) is 0 Å². The van der Waals surface area contributed by atoms with Gasteiger partial charge in [0.1, 0.15) is 16.9 Å². The Morgan fingerprint density at radius 3 is 2.49 bits per heavy atom. The molecule has 3 aliphatic heterocycles. The number of aromatic amines is 1. The number of ether oxygens (including phenoxy) is 1. The Labute approximate surface area is 394 Å². The first-order chi connectivity index (χ1) is 32.3. The first kappa shape index (κ1) is 45.0. The number of nitrogens with one attached hydrogen (secondary N) is 3. The minimum atomic E-state index is -4.58. The highest BCUT2D eigenvalue weighted by Crippen LogP contribution is 2.43. The topological polar surface area (TPSA) is 184 Å². The number of benzene rings is 3. The van der Waals surface area contributed by atoms with Gasteiger partial charge in [0.2, 0.25) is 0 Å². The van der Waals surface area contributed by atoms with Crippen LogP contribution in [0.4, 0.5) is 17.1 Å². The summed E-state index contributed by atoms with van der Waals surface area (Å²) in [6, 6.07) is 21.5. The van der Waals surface area contributed by atoms with E-state index in [2.05, 4.69) is 60.8 Å². The van der Waals surface area contributed by atoms with Crippen LogP contribution in [0.15, 0.2) is 95.7 Å². The lowest BCUT2D eigenvalue weighted by molar-refractivity contribution is -0.384. The van der Waals surface area contributed by atoms with Crippen molar-refractivity contribution in [3.63, 3.8) is 0 Å². The molecule has 1 aliphatic carbocycles. The van der Waals surface area contributed by atoms with Crippen molar-refractivity contribution in [3.8, 4) is 5.69 Å². The molecule has 4 aliphatic rings. The largest absolute Gasteiger partial charge is 0.379 e. The predicted octanol–water partition coefficient (Wildman–Crippen LogP) is 7.89. The number of piperazine rings is 1. The van der Waals surface area contributed by atoms with Gasteiger partial charge in [-0.05, 0) is 122 Å². The highest BCUT2D eigenvalue weighted by molar-refractivity contribution is 7.90. The molecule has 10 rings (SSSR count). The molecule has 0 unspecified atom stereocenters. The van der Waals surface area contributed by atoms with Crippen molar-refractivity contribution in [2.24, 2.45) is 11.3 Å². The molecule has 3 fully saturated rings. The number of carbonyl (C=O) groups is 1. The van der Waals surface area contributed by atoms with Gasteiger partial charge in [0.05, 0.1) is 52.0 Å². The maximum Gasteiger partial charge on any atom is 0.293 e. The zero-order valence-corrected chi connectivity index (χ0v) is 39.3. The molecule has 6 aromatic rings. The first-order valence-electron chi connectivity index (χ1n) is 23.1. The summed E-state index contributed by atoms with van der Waals surface area (Å²) in [5.41, 5.74) is 7.34. The highest BCUT2D eigenvalue weighted by atomic mass is 35.5. The summed E-state index contributed by atoms with van der Waals surface area (Å²) in [7, 11) is -4.58. The van der Waals surface area contributed by atoms with E-state index in [0.717, 1.165) is 113 Å². The van der Waals surface area contributed by atoms with E-state index in [1.54, 1.807) is 23.1 Å². The number of fused-ring (bicyclic) bond motifs is 2. The molecule has 0 spiro atoms. The van der Waals surface area contributed by atoms with E-state index in [1.165, 1.54) is 28.8 Å². The number of likely N-dealkylation sites (tertiary alicyclic amines) is 1. The number of pyridine rings is 1. The highest BCUT2D eigenvalue weighted by Gasteiger charge is 2.32. The number of nitro benzene ring substituents is 1. The Morgan fingerprint density at radius 2 is 1.76 bits per heavy atom. The molecule has 67 heavy (non-hydrogen) atoms. The number of amides is 1. The third-order valence-corrected chi connectivity index (χ3v) is 15.7. The van der Waals surface area contributed by atoms with Crippen LogP contribution in [0.3, 0.4) is 0 Å². The second kappa shape index (κ2) is 18.3. The van der Waals surface area contributed by atoms with Crippen molar-refractivity contribution in [1.29, 1.82) is 0 Å². The number of hydrogen-bond acceptors (Lipinski definition) is 12. The number of nitrogens with zero attached hydrogens (tertiary/aromatic N) is 7. The maximum atomic E-state index is 14.3. The third kappa shape index (κ3) is 9.52. The summed E-state index contributed by atoms with van der Waals surface area (Å²) in [4.78, 5) is 40.6. The van der Waals surface area contributed by atoms with E-state index in [9.17, 15) is 23.3 Å². The molecule has 0 bridgehead atoms.